The molecule has 3 rings (SSSR count). The van der Waals surface area contributed by atoms with Crippen LogP contribution in [0.2, 0.25) is 0 Å². The minimum atomic E-state index is -0.0943. The molecule has 0 spiro atoms. The number of carbonyl (C=O) groups is 1. The predicted octanol–water partition coefficient (Wildman–Crippen LogP) is 3.66. The molecule has 0 saturated carbocycles. The fraction of sp³-hybridized carbons (Fsp3) is 0.632. The van der Waals surface area contributed by atoms with Gasteiger partial charge in [0.1, 0.15) is 13.2 Å². The van der Waals surface area contributed by atoms with Crippen molar-refractivity contribution in [2.45, 2.75) is 51.6 Å². The Morgan fingerprint density at radius 3 is 2.76 bits per heavy atom. The molecular formula is C19H27BrN2O3. The van der Waals surface area contributed by atoms with Crippen molar-refractivity contribution in [3.63, 3.8) is 0 Å². The van der Waals surface area contributed by atoms with Gasteiger partial charge in [-0.3, -0.25) is 9.69 Å². The van der Waals surface area contributed by atoms with Crippen LogP contribution in [0.3, 0.4) is 0 Å². The number of ether oxygens (including phenoxy) is 2. The van der Waals surface area contributed by atoms with Crippen LogP contribution in [0, 0.1) is 0 Å². The largest absolute Gasteiger partial charge is 0.486 e. The number of fused-ring (bicyclic) bond motifs is 1. The summed E-state index contributed by atoms with van der Waals surface area (Å²) in [4.78, 5) is 15.2. The summed E-state index contributed by atoms with van der Waals surface area (Å²) < 4.78 is 12.2. The number of hydrogen-bond donors (Lipinski definition) is 1. The number of nitrogens with one attached hydrogen (secondary N) is 1. The lowest BCUT2D eigenvalue weighted by Crippen LogP contribution is -2.50. The summed E-state index contributed by atoms with van der Waals surface area (Å²) in [5, 5.41) is 3.19. The number of likely N-dealkylation sites (tertiary alicyclic amines) is 1. The molecule has 5 nitrogen and oxygen atoms in total. The summed E-state index contributed by atoms with van der Waals surface area (Å²) in [7, 11) is 0. The van der Waals surface area contributed by atoms with Gasteiger partial charge in [0.05, 0.1) is 12.1 Å². The number of amides is 1. The molecule has 1 fully saturated rings. The van der Waals surface area contributed by atoms with E-state index >= 15 is 0 Å². The number of nitrogens with zero attached hydrogens (tertiary/aromatic N) is 1. The smallest absolute Gasteiger partial charge is 0.237 e. The Kier molecular flexibility index (Phi) is 6.23. The first-order valence-corrected chi connectivity index (χ1v) is 10.0. The Morgan fingerprint density at radius 1 is 1.32 bits per heavy atom. The molecule has 25 heavy (non-hydrogen) atoms. The van der Waals surface area contributed by atoms with E-state index in [0.717, 1.165) is 53.9 Å². The quantitative estimate of drug-likeness (QED) is 0.804. The van der Waals surface area contributed by atoms with Crippen LogP contribution in [-0.2, 0) is 4.79 Å². The maximum absolute atomic E-state index is 12.8. The van der Waals surface area contributed by atoms with Crippen molar-refractivity contribution in [2.24, 2.45) is 0 Å². The summed E-state index contributed by atoms with van der Waals surface area (Å²) in [6.07, 6.45) is 4.33. The Morgan fingerprint density at radius 2 is 2.04 bits per heavy atom. The zero-order valence-electron chi connectivity index (χ0n) is 15.0. The summed E-state index contributed by atoms with van der Waals surface area (Å²) in [5.41, 5.74) is 1.01. The van der Waals surface area contributed by atoms with Gasteiger partial charge in [0.15, 0.2) is 11.5 Å². The average Bonchev–Trinajstić information content (AvgIpc) is 2.61. The highest BCUT2D eigenvalue weighted by Crippen LogP contribution is 2.37. The first-order chi connectivity index (χ1) is 12.1. The number of carbonyl (C=O) groups excluding carboxylic acids is 1. The predicted molar refractivity (Wildman–Crippen MR) is 101 cm³/mol. The van der Waals surface area contributed by atoms with E-state index in [1.165, 1.54) is 6.42 Å². The number of piperidine rings is 1. The fourth-order valence-corrected chi connectivity index (χ4v) is 4.31. The second-order valence-corrected chi connectivity index (χ2v) is 7.65. The molecular weight excluding hydrogens is 384 g/mol. The summed E-state index contributed by atoms with van der Waals surface area (Å²) >= 11 is 3.60. The molecule has 0 aliphatic carbocycles. The molecule has 0 radical (unpaired) electrons. The van der Waals surface area contributed by atoms with E-state index in [-0.39, 0.29) is 18.0 Å². The lowest BCUT2D eigenvalue weighted by molar-refractivity contribution is -0.128. The molecule has 2 aliphatic rings. The highest BCUT2D eigenvalue weighted by atomic mass is 79.9. The van der Waals surface area contributed by atoms with Crippen LogP contribution in [0.5, 0.6) is 11.5 Å². The maximum Gasteiger partial charge on any atom is 0.237 e. The minimum absolute atomic E-state index is 0.00728. The van der Waals surface area contributed by atoms with Gasteiger partial charge in [0, 0.05) is 4.47 Å². The molecule has 1 N–H and O–H groups in total. The fourth-order valence-electron chi connectivity index (χ4n) is 3.64. The molecule has 1 aromatic rings. The molecule has 1 amide bonds. The molecule has 138 valence electrons. The van der Waals surface area contributed by atoms with Gasteiger partial charge in [-0.05, 0) is 57.0 Å². The van der Waals surface area contributed by atoms with Crippen LogP contribution in [-0.4, -0.2) is 43.2 Å². The second-order valence-electron chi connectivity index (χ2n) is 6.80. The molecule has 6 heteroatoms. The van der Waals surface area contributed by atoms with E-state index in [1.807, 2.05) is 19.1 Å². The standard InChI is InChI=1S/C19H27BrN2O3/c1-3-7-22-8-5-4-6-16(22)19(23)21-13(2)14-11-17-18(12-15(14)20)25-10-9-24-17/h11-13,16H,3-10H2,1-2H3,(H,21,23). The van der Waals surface area contributed by atoms with E-state index < -0.39 is 0 Å². The van der Waals surface area contributed by atoms with Crippen molar-refractivity contribution in [1.82, 2.24) is 10.2 Å². The van der Waals surface area contributed by atoms with Crippen molar-refractivity contribution in [2.75, 3.05) is 26.3 Å². The van der Waals surface area contributed by atoms with Gasteiger partial charge >= 0.3 is 0 Å². The third-order valence-corrected chi connectivity index (χ3v) is 5.60. The first kappa shape index (κ1) is 18.5. The van der Waals surface area contributed by atoms with Gasteiger partial charge < -0.3 is 14.8 Å². The van der Waals surface area contributed by atoms with Crippen LogP contribution in [0.4, 0.5) is 0 Å². The Bertz CT molecular complexity index is 621. The normalized spacial score (nSPS) is 21.6. The van der Waals surface area contributed by atoms with Gasteiger partial charge in [-0.15, -0.1) is 0 Å². The second kappa shape index (κ2) is 8.41. The van der Waals surface area contributed by atoms with E-state index in [2.05, 4.69) is 33.1 Å². The van der Waals surface area contributed by atoms with Crippen LogP contribution in [0.15, 0.2) is 16.6 Å². The zero-order chi connectivity index (χ0) is 17.8. The lowest BCUT2D eigenvalue weighted by atomic mass is 10.00. The Balaban J connectivity index is 1.70. The molecule has 2 aliphatic heterocycles. The third kappa shape index (κ3) is 4.29. The van der Waals surface area contributed by atoms with Gasteiger partial charge in [-0.2, -0.15) is 0 Å². The van der Waals surface area contributed by atoms with Crippen LogP contribution in [0.1, 0.15) is 51.1 Å². The van der Waals surface area contributed by atoms with Crippen LogP contribution >= 0.6 is 15.9 Å². The molecule has 1 saturated heterocycles. The van der Waals surface area contributed by atoms with E-state index in [9.17, 15) is 4.79 Å². The number of rotatable bonds is 5. The molecule has 2 heterocycles. The van der Waals surface area contributed by atoms with Gasteiger partial charge in [-0.25, -0.2) is 0 Å². The van der Waals surface area contributed by atoms with E-state index in [4.69, 9.17) is 9.47 Å². The van der Waals surface area contributed by atoms with Crippen molar-refractivity contribution >= 4 is 21.8 Å². The average molecular weight is 411 g/mol. The Hall–Kier alpha value is -1.27. The molecule has 2 unspecified atom stereocenters. The molecule has 0 aromatic heterocycles. The molecule has 1 aromatic carbocycles. The topological polar surface area (TPSA) is 50.8 Å². The first-order valence-electron chi connectivity index (χ1n) is 9.23. The lowest BCUT2D eigenvalue weighted by Gasteiger charge is -2.35. The van der Waals surface area contributed by atoms with Crippen LogP contribution < -0.4 is 14.8 Å². The van der Waals surface area contributed by atoms with Gasteiger partial charge in [0.2, 0.25) is 5.91 Å². The SMILES string of the molecule is CCCN1CCCCC1C(=O)NC(C)c1cc2c(cc1Br)OCCO2. The number of halogens is 1. The van der Waals surface area contributed by atoms with Crippen molar-refractivity contribution in [1.29, 1.82) is 0 Å². The minimum Gasteiger partial charge on any atom is -0.486 e. The number of hydrogen-bond acceptors (Lipinski definition) is 4. The third-order valence-electron chi connectivity index (χ3n) is 4.91. The summed E-state index contributed by atoms with van der Waals surface area (Å²) in [5.74, 6) is 1.63. The maximum atomic E-state index is 12.8. The van der Waals surface area contributed by atoms with Crippen molar-refractivity contribution in [3.05, 3.63) is 22.2 Å². The van der Waals surface area contributed by atoms with Crippen molar-refractivity contribution < 1.29 is 14.3 Å². The van der Waals surface area contributed by atoms with Crippen LogP contribution in [0.25, 0.3) is 0 Å². The van der Waals surface area contributed by atoms with Crippen molar-refractivity contribution in [3.8, 4) is 11.5 Å². The van der Waals surface area contributed by atoms with E-state index in [1.54, 1.807) is 0 Å². The highest BCUT2D eigenvalue weighted by molar-refractivity contribution is 9.10. The van der Waals surface area contributed by atoms with Gasteiger partial charge in [-0.1, -0.05) is 29.3 Å². The monoisotopic (exact) mass is 410 g/mol. The Labute approximate surface area is 158 Å². The summed E-state index contributed by atoms with van der Waals surface area (Å²) in [6, 6.07) is 3.79. The zero-order valence-corrected chi connectivity index (χ0v) is 16.6. The number of benzene rings is 1. The molecule has 2 atom stereocenters. The summed E-state index contributed by atoms with van der Waals surface area (Å²) in [6.45, 7) is 7.32. The highest BCUT2D eigenvalue weighted by Gasteiger charge is 2.29. The molecule has 0 bridgehead atoms. The van der Waals surface area contributed by atoms with Gasteiger partial charge in [0.25, 0.3) is 0 Å². The van der Waals surface area contributed by atoms with E-state index in [0.29, 0.717) is 13.2 Å².